The van der Waals surface area contributed by atoms with Gasteiger partial charge in [0.1, 0.15) is 5.82 Å². The third kappa shape index (κ3) is 5.27. The zero-order valence-electron chi connectivity index (χ0n) is 10.3. The highest BCUT2D eigenvalue weighted by molar-refractivity contribution is 7.99. The first-order valence-electron chi connectivity index (χ1n) is 5.44. The van der Waals surface area contributed by atoms with Crippen molar-refractivity contribution in [3.63, 3.8) is 0 Å². The minimum atomic E-state index is -1.22. The summed E-state index contributed by atoms with van der Waals surface area (Å²) >= 11 is 1.35. The van der Waals surface area contributed by atoms with E-state index in [0.29, 0.717) is 12.4 Å². The second-order valence-corrected chi connectivity index (χ2v) is 4.69. The summed E-state index contributed by atoms with van der Waals surface area (Å²) in [7, 11) is 1.56. The molecule has 0 saturated heterocycles. The molecule has 0 unspecified atom stereocenters. The van der Waals surface area contributed by atoms with Gasteiger partial charge < -0.3 is 15.2 Å². The summed E-state index contributed by atoms with van der Waals surface area (Å²) in [4.78, 5) is 22.5. The lowest BCUT2D eigenvalue weighted by molar-refractivity contribution is -0.113. The van der Waals surface area contributed by atoms with Crippen LogP contribution in [0.25, 0.3) is 0 Å². The van der Waals surface area contributed by atoms with Crippen LogP contribution < -0.4 is 5.32 Å². The van der Waals surface area contributed by atoms with Crippen molar-refractivity contribution >= 4 is 29.3 Å². The van der Waals surface area contributed by atoms with Crippen LogP contribution >= 0.6 is 11.8 Å². The van der Waals surface area contributed by atoms with Crippen molar-refractivity contribution in [2.45, 2.75) is 0 Å². The van der Waals surface area contributed by atoms with Crippen LogP contribution in [-0.2, 0) is 9.53 Å². The highest BCUT2D eigenvalue weighted by Crippen LogP contribution is 2.17. The van der Waals surface area contributed by atoms with Crippen LogP contribution in [0, 0.1) is 5.82 Å². The second-order valence-electron chi connectivity index (χ2n) is 3.59. The normalized spacial score (nSPS) is 10.2. The van der Waals surface area contributed by atoms with Gasteiger partial charge >= 0.3 is 5.97 Å². The molecule has 1 amide bonds. The lowest BCUT2D eigenvalue weighted by atomic mass is 10.1. The number of benzene rings is 1. The maximum atomic E-state index is 13.0. The number of rotatable bonds is 7. The molecule has 5 nitrogen and oxygen atoms in total. The first-order chi connectivity index (χ1) is 9.04. The molecule has 2 N–H and O–H groups in total. The summed E-state index contributed by atoms with van der Waals surface area (Å²) in [5.41, 5.74) is -0.179. The van der Waals surface area contributed by atoms with Crippen LogP contribution in [0.2, 0.25) is 0 Å². The molecule has 0 saturated carbocycles. The number of ether oxygens (including phenoxy) is 1. The van der Waals surface area contributed by atoms with Crippen LogP contribution in [0.1, 0.15) is 10.4 Å². The molecule has 104 valence electrons. The maximum absolute atomic E-state index is 13.0. The van der Waals surface area contributed by atoms with Crippen molar-refractivity contribution in [3.05, 3.63) is 29.6 Å². The van der Waals surface area contributed by atoms with E-state index in [9.17, 15) is 14.0 Å². The molecule has 1 aromatic rings. The standard InChI is InChI=1S/C12H14FNO4S/c1-18-4-5-19-7-11(15)14-10-6-8(13)2-3-9(10)12(16)17/h2-3,6H,4-5,7H2,1H3,(H,14,15)(H,16,17). The third-order valence-corrected chi connectivity index (χ3v) is 3.07. The molecule has 19 heavy (non-hydrogen) atoms. The number of thioether (sulfide) groups is 1. The first-order valence-corrected chi connectivity index (χ1v) is 6.59. The molecule has 0 aliphatic heterocycles. The molecule has 0 aliphatic carbocycles. The average molecular weight is 287 g/mol. The Morgan fingerprint density at radius 3 is 2.84 bits per heavy atom. The fourth-order valence-electron chi connectivity index (χ4n) is 1.30. The van der Waals surface area contributed by atoms with Crippen LogP contribution in [0.4, 0.5) is 10.1 Å². The molecular formula is C12H14FNO4S. The molecule has 7 heteroatoms. The minimum Gasteiger partial charge on any atom is -0.478 e. The van der Waals surface area contributed by atoms with E-state index in [1.807, 2.05) is 0 Å². The zero-order valence-corrected chi connectivity index (χ0v) is 11.1. The number of carbonyl (C=O) groups is 2. The van der Waals surface area contributed by atoms with Crippen molar-refractivity contribution in [2.24, 2.45) is 0 Å². The predicted octanol–water partition coefficient (Wildman–Crippen LogP) is 1.84. The Hall–Kier alpha value is -1.60. The van der Waals surface area contributed by atoms with Crippen molar-refractivity contribution in [2.75, 3.05) is 30.5 Å². The number of halogens is 1. The fraction of sp³-hybridized carbons (Fsp3) is 0.333. The summed E-state index contributed by atoms with van der Waals surface area (Å²) < 4.78 is 17.9. The van der Waals surface area contributed by atoms with Gasteiger partial charge in [-0.2, -0.15) is 0 Å². The zero-order chi connectivity index (χ0) is 14.3. The molecule has 0 spiro atoms. The average Bonchev–Trinajstić information content (AvgIpc) is 2.34. The van der Waals surface area contributed by atoms with Crippen LogP contribution in [0.3, 0.4) is 0 Å². The number of hydrogen-bond acceptors (Lipinski definition) is 4. The van der Waals surface area contributed by atoms with Gasteiger partial charge in [-0.3, -0.25) is 4.79 Å². The number of aromatic carboxylic acids is 1. The molecule has 0 aliphatic rings. The molecule has 1 rings (SSSR count). The first kappa shape index (κ1) is 15.5. The van der Waals surface area contributed by atoms with Gasteiger partial charge in [0.2, 0.25) is 5.91 Å². The van der Waals surface area contributed by atoms with Crippen LogP contribution in [0.15, 0.2) is 18.2 Å². The van der Waals surface area contributed by atoms with E-state index < -0.39 is 11.8 Å². The lowest BCUT2D eigenvalue weighted by Gasteiger charge is -2.08. The van der Waals surface area contributed by atoms with E-state index >= 15 is 0 Å². The largest absolute Gasteiger partial charge is 0.478 e. The maximum Gasteiger partial charge on any atom is 0.337 e. The minimum absolute atomic E-state index is 0.0372. The number of carbonyl (C=O) groups excluding carboxylic acids is 1. The van der Waals surface area contributed by atoms with E-state index in [1.165, 1.54) is 11.8 Å². The Morgan fingerprint density at radius 1 is 1.47 bits per heavy atom. The van der Waals surface area contributed by atoms with E-state index in [4.69, 9.17) is 9.84 Å². The van der Waals surface area contributed by atoms with Gasteiger partial charge in [0.15, 0.2) is 0 Å². The number of methoxy groups -OCH3 is 1. The monoisotopic (exact) mass is 287 g/mol. The summed E-state index contributed by atoms with van der Waals surface area (Å²) in [6.07, 6.45) is 0. The summed E-state index contributed by atoms with van der Waals surface area (Å²) in [5, 5.41) is 11.3. The Labute approximate surface area is 114 Å². The third-order valence-electron chi connectivity index (χ3n) is 2.15. The number of nitrogens with one attached hydrogen (secondary N) is 1. The molecule has 1 aromatic carbocycles. The molecule has 0 radical (unpaired) electrons. The second kappa shape index (κ2) is 7.75. The fourth-order valence-corrected chi connectivity index (χ4v) is 1.99. The topological polar surface area (TPSA) is 75.6 Å². The summed E-state index contributed by atoms with van der Waals surface area (Å²) in [6, 6.07) is 3.14. The number of carboxylic acids is 1. The number of anilines is 1. The smallest absolute Gasteiger partial charge is 0.337 e. The van der Waals surface area contributed by atoms with Gasteiger partial charge in [-0.1, -0.05) is 0 Å². The van der Waals surface area contributed by atoms with Gasteiger partial charge in [-0.25, -0.2) is 9.18 Å². The molecule has 0 bridgehead atoms. The van der Waals surface area contributed by atoms with Crippen LogP contribution in [-0.4, -0.2) is 42.2 Å². The highest BCUT2D eigenvalue weighted by Gasteiger charge is 2.13. The summed E-state index contributed by atoms with van der Waals surface area (Å²) in [5.74, 6) is -1.40. The van der Waals surface area contributed by atoms with Gasteiger partial charge in [0.25, 0.3) is 0 Å². The quantitative estimate of drug-likeness (QED) is 0.748. The molecule has 0 fully saturated rings. The molecule has 0 aromatic heterocycles. The molecular weight excluding hydrogens is 273 g/mol. The van der Waals surface area contributed by atoms with E-state index in [1.54, 1.807) is 7.11 Å². The Morgan fingerprint density at radius 2 is 2.21 bits per heavy atom. The number of hydrogen-bond donors (Lipinski definition) is 2. The predicted molar refractivity (Wildman–Crippen MR) is 71.2 cm³/mol. The summed E-state index contributed by atoms with van der Waals surface area (Å²) in [6.45, 7) is 0.526. The Balaban J connectivity index is 2.62. The van der Waals surface area contributed by atoms with Crippen molar-refractivity contribution in [1.82, 2.24) is 0 Å². The van der Waals surface area contributed by atoms with Crippen molar-refractivity contribution < 1.29 is 23.8 Å². The SMILES string of the molecule is COCCSCC(=O)Nc1cc(F)ccc1C(=O)O. The van der Waals surface area contributed by atoms with Gasteiger partial charge in [0.05, 0.1) is 23.6 Å². The number of carboxylic acid groups (broad SMARTS) is 1. The Kier molecular flexibility index (Phi) is 6.31. The van der Waals surface area contributed by atoms with E-state index in [-0.39, 0.29) is 22.9 Å². The van der Waals surface area contributed by atoms with Gasteiger partial charge in [-0.05, 0) is 18.2 Å². The van der Waals surface area contributed by atoms with Gasteiger partial charge in [-0.15, -0.1) is 11.8 Å². The number of amides is 1. The molecule has 0 heterocycles. The highest BCUT2D eigenvalue weighted by atomic mass is 32.2. The molecule has 0 atom stereocenters. The van der Waals surface area contributed by atoms with Crippen molar-refractivity contribution in [3.8, 4) is 0 Å². The van der Waals surface area contributed by atoms with E-state index in [0.717, 1.165) is 18.2 Å². The van der Waals surface area contributed by atoms with Crippen molar-refractivity contribution in [1.29, 1.82) is 0 Å². The van der Waals surface area contributed by atoms with Crippen LogP contribution in [0.5, 0.6) is 0 Å². The Bertz CT molecular complexity index is 467. The lowest BCUT2D eigenvalue weighted by Crippen LogP contribution is -2.17. The van der Waals surface area contributed by atoms with E-state index in [2.05, 4.69) is 5.32 Å². The van der Waals surface area contributed by atoms with Gasteiger partial charge in [0, 0.05) is 12.9 Å².